The molecule has 0 N–H and O–H groups in total. The van der Waals surface area contributed by atoms with Crippen molar-refractivity contribution in [3.05, 3.63) is 48.1 Å². The van der Waals surface area contributed by atoms with Gasteiger partial charge < -0.3 is 4.84 Å². The van der Waals surface area contributed by atoms with Gasteiger partial charge >= 0.3 is 5.97 Å². The summed E-state index contributed by atoms with van der Waals surface area (Å²) < 4.78 is 0. The molecule has 0 bridgehead atoms. The number of amides is 2. The topological polar surface area (TPSA) is 76.0 Å². The van der Waals surface area contributed by atoms with Gasteiger partial charge in [-0.25, -0.2) is 9.79 Å². The van der Waals surface area contributed by atoms with E-state index in [0.29, 0.717) is 16.7 Å². The number of hydroxylamine groups is 2. The number of aliphatic imine (C=N–C) groups is 1. The number of imide groups is 1. The number of carbonyl (C=O) groups excluding carboxylic acids is 3. The lowest BCUT2D eigenvalue weighted by molar-refractivity contribution is -0.193. The Morgan fingerprint density at radius 3 is 2.38 bits per heavy atom. The van der Waals surface area contributed by atoms with E-state index in [1.165, 1.54) is 6.92 Å². The van der Waals surface area contributed by atoms with E-state index in [1.807, 2.05) is 6.92 Å². The number of allylic oxidation sites excluding steroid dienone is 2. The van der Waals surface area contributed by atoms with Gasteiger partial charge in [-0.1, -0.05) is 55.0 Å². The monoisotopic (exact) mass is 436 g/mol. The third-order valence-electron chi connectivity index (χ3n) is 2.82. The molecule has 0 saturated heterocycles. The number of nitrogens with zero attached hydrogens (tertiary/aromatic N) is 2. The van der Waals surface area contributed by atoms with Crippen molar-refractivity contribution in [1.29, 1.82) is 0 Å². The fourth-order valence-electron chi connectivity index (χ4n) is 1.11. The Balaban J connectivity index is 0. The fraction of sp³-hybridized carbons (Fsp3) is 0.333. The second-order valence-corrected chi connectivity index (χ2v) is 8.13. The maximum absolute atomic E-state index is 11.1. The highest BCUT2D eigenvalue weighted by Gasteiger charge is 2.17. The molecule has 0 aromatic rings. The SMILES string of the molecule is C#C/C=C(\N=C/C=C)SSC(C)C(=C)C.C=C(C)C(=O)ON(C=O)C(=O)CCC. The molecule has 0 radical (unpaired) electrons. The molecule has 0 saturated carbocycles. The molecule has 0 aliphatic heterocycles. The van der Waals surface area contributed by atoms with Crippen LogP contribution >= 0.6 is 21.6 Å². The van der Waals surface area contributed by atoms with Crippen LogP contribution in [-0.4, -0.2) is 34.8 Å². The van der Waals surface area contributed by atoms with E-state index >= 15 is 0 Å². The molecule has 0 aliphatic carbocycles. The molecule has 158 valence electrons. The number of carbonyl (C=O) groups is 3. The quantitative estimate of drug-likeness (QED) is 0.0925. The van der Waals surface area contributed by atoms with Gasteiger partial charge in [0, 0.05) is 29.5 Å². The van der Waals surface area contributed by atoms with E-state index in [-0.39, 0.29) is 18.4 Å². The Labute approximate surface area is 181 Å². The smallest absolute Gasteiger partial charge is 0.326 e. The highest BCUT2D eigenvalue weighted by Crippen LogP contribution is 2.36. The molecular formula is C21H28N2O4S2. The largest absolute Gasteiger partial charge is 0.359 e. The fourth-order valence-corrected chi connectivity index (χ4v) is 3.23. The Hall–Kier alpha value is -2.50. The Bertz CT molecular complexity index is 706. The maximum atomic E-state index is 11.1. The molecule has 0 rings (SSSR count). The summed E-state index contributed by atoms with van der Waals surface area (Å²) in [6, 6.07) is 0. The summed E-state index contributed by atoms with van der Waals surface area (Å²) in [5.41, 5.74) is 1.27. The molecule has 6 nitrogen and oxygen atoms in total. The van der Waals surface area contributed by atoms with Gasteiger partial charge in [0.2, 0.25) is 0 Å². The molecular weight excluding hydrogens is 408 g/mol. The van der Waals surface area contributed by atoms with E-state index < -0.39 is 11.9 Å². The first-order valence-corrected chi connectivity index (χ1v) is 10.8. The number of rotatable bonds is 10. The third kappa shape index (κ3) is 15.1. The average Bonchev–Trinajstić information content (AvgIpc) is 2.68. The van der Waals surface area contributed by atoms with E-state index in [2.05, 4.69) is 42.4 Å². The van der Waals surface area contributed by atoms with Crippen molar-refractivity contribution >= 4 is 46.1 Å². The van der Waals surface area contributed by atoms with Crippen LogP contribution in [0.2, 0.25) is 0 Å². The highest BCUT2D eigenvalue weighted by molar-refractivity contribution is 8.78. The first-order chi connectivity index (χ1) is 13.6. The van der Waals surface area contributed by atoms with Gasteiger partial charge in [0.25, 0.3) is 12.3 Å². The Morgan fingerprint density at radius 1 is 1.34 bits per heavy atom. The second kappa shape index (κ2) is 17.6. The van der Waals surface area contributed by atoms with Crippen molar-refractivity contribution in [3.8, 4) is 12.3 Å². The average molecular weight is 437 g/mol. The Kier molecular flexibility index (Phi) is 17.4. The summed E-state index contributed by atoms with van der Waals surface area (Å²) in [5, 5.41) is 1.58. The van der Waals surface area contributed by atoms with Crippen LogP contribution in [0.1, 0.15) is 40.5 Å². The normalized spacial score (nSPS) is 11.3. The van der Waals surface area contributed by atoms with E-state index in [0.717, 1.165) is 10.6 Å². The minimum absolute atomic E-state index is 0.126. The predicted octanol–water partition coefficient (Wildman–Crippen LogP) is 4.87. The molecule has 1 unspecified atom stereocenters. The number of hydrogen-bond acceptors (Lipinski definition) is 7. The standard InChI is InChI=1S/C12H15NS2.C9H13NO4/c1-6-8-12(13-9-7-2)15-14-11(5)10(3)4;1-4-5-8(12)10(6-11)14-9(13)7(2)3/h1,7-9,11H,2-3H2,4-5H3;6H,2,4-5H2,1,3H3/b12-8+,13-9-;. The van der Waals surface area contributed by atoms with Crippen LogP contribution in [0.5, 0.6) is 0 Å². The summed E-state index contributed by atoms with van der Waals surface area (Å²) in [5.74, 6) is 1.13. The lowest BCUT2D eigenvalue weighted by Gasteiger charge is -2.13. The van der Waals surface area contributed by atoms with Crippen molar-refractivity contribution < 1.29 is 19.2 Å². The van der Waals surface area contributed by atoms with Crippen molar-refractivity contribution in [2.24, 2.45) is 4.99 Å². The summed E-state index contributed by atoms with van der Waals surface area (Å²) in [7, 11) is 3.24. The summed E-state index contributed by atoms with van der Waals surface area (Å²) >= 11 is 0. The van der Waals surface area contributed by atoms with Crippen LogP contribution in [-0.2, 0) is 19.2 Å². The molecule has 8 heteroatoms. The van der Waals surface area contributed by atoms with Gasteiger partial charge in [0.05, 0.1) is 0 Å². The van der Waals surface area contributed by atoms with Crippen LogP contribution in [0.4, 0.5) is 0 Å². The van der Waals surface area contributed by atoms with Crippen LogP contribution in [0, 0.1) is 12.3 Å². The zero-order valence-electron chi connectivity index (χ0n) is 17.3. The lowest BCUT2D eigenvalue weighted by atomic mass is 10.3. The molecule has 0 aromatic carbocycles. The van der Waals surface area contributed by atoms with Crippen molar-refractivity contribution in [2.75, 3.05) is 0 Å². The van der Waals surface area contributed by atoms with Crippen molar-refractivity contribution in [3.63, 3.8) is 0 Å². The summed E-state index contributed by atoms with van der Waals surface area (Å²) in [6.07, 6.45) is 11.0. The van der Waals surface area contributed by atoms with Gasteiger partial charge in [0.15, 0.2) is 0 Å². The highest BCUT2D eigenvalue weighted by atomic mass is 33.1. The molecule has 2 amide bonds. The molecule has 0 aromatic heterocycles. The molecule has 29 heavy (non-hydrogen) atoms. The first kappa shape index (κ1) is 28.7. The Morgan fingerprint density at radius 2 is 1.97 bits per heavy atom. The molecule has 0 spiro atoms. The second-order valence-electron chi connectivity index (χ2n) is 5.57. The van der Waals surface area contributed by atoms with Gasteiger partial charge in [0.1, 0.15) is 5.03 Å². The van der Waals surface area contributed by atoms with Crippen molar-refractivity contribution in [2.45, 2.75) is 45.8 Å². The van der Waals surface area contributed by atoms with E-state index in [4.69, 9.17) is 6.42 Å². The van der Waals surface area contributed by atoms with Crippen LogP contribution < -0.4 is 0 Å². The summed E-state index contributed by atoms with van der Waals surface area (Å²) in [6.45, 7) is 18.1. The first-order valence-electron chi connectivity index (χ1n) is 8.59. The molecule has 0 aliphatic rings. The molecule has 0 fully saturated rings. The maximum Gasteiger partial charge on any atom is 0.359 e. The third-order valence-corrected chi connectivity index (χ3v) is 5.67. The number of hydrogen-bond donors (Lipinski definition) is 0. The predicted molar refractivity (Wildman–Crippen MR) is 124 cm³/mol. The van der Waals surface area contributed by atoms with Gasteiger partial charge in [-0.2, -0.15) is 0 Å². The van der Waals surface area contributed by atoms with Crippen molar-refractivity contribution in [1.82, 2.24) is 5.06 Å². The summed E-state index contributed by atoms with van der Waals surface area (Å²) in [4.78, 5) is 41.0. The minimum atomic E-state index is -0.790. The molecule has 1 atom stereocenters. The van der Waals surface area contributed by atoms with Gasteiger partial charge in [-0.3, -0.25) is 9.59 Å². The lowest BCUT2D eigenvalue weighted by Crippen LogP contribution is -2.32. The van der Waals surface area contributed by atoms with Gasteiger partial charge in [-0.05, 0) is 38.0 Å². The van der Waals surface area contributed by atoms with Gasteiger partial charge in [-0.15, -0.1) is 11.5 Å². The minimum Gasteiger partial charge on any atom is -0.326 e. The zero-order valence-corrected chi connectivity index (χ0v) is 19.0. The van der Waals surface area contributed by atoms with Crippen LogP contribution in [0.25, 0.3) is 0 Å². The van der Waals surface area contributed by atoms with Crippen LogP contribution in [0.15, 0.2) is 53.1 Å². The van der Waals surface area contributed by atoms with E-state index in [9.17, 15) is 14.4 Å². The number of terminal acetylenes is 1. The van der Waals surface area contributed by atoms with Crippen LogP contribution in [0.3, 0.4) is 0 Å². The molecule has 0 heterocycles. The van der Waals surface area contributed by atoms with E-state index in [1.54, 1.807) is 46.9 Å². The zero-order chi connectivity index (χ0) is 22.8.